The summed E-state index contributed by atoms with van der Waals surface area (Å²) in [7, 11) is 0. The third-order valence-electron chi connectivity index (χ3n) is 3.07. The molecule has 0 spiro atoms. The van der Waals surface area contributed by atoms with Gasteiger partial charge in [0.2, 0.25) is 0 Å². The van der Waals surface area contributed by atoms with E-state index in [9.17, 15) is 4.79 Å². The summed E-state index contributed by atoms with van der Waals surface area (Å²) in [5.74, 6) is 0.239. The molecule has 1 amide bonds. The zero-order chi connectivity index (χ0) is 14.9. The van der Waals surface area contributed by atoms with Crippen LogP contribution in [0.2, 0.25) is 0 Å². The van der Waals surface area contributed by atoms with E-state index in [1.807, 2.05) is 20.8 Å². The topological polar surface area (TPSA) is 97.3 Å². The van der Waals surface area contributed by atoms with Crippen LogP contribution in [0.5, 0.6) is 0 Å². The minimum absolute atomic E-state index is 0.0582. The molecule has 1 unspecified atom stereocenters. The maximum atomic E-state index is 12.5. The Morgan fingerprint density at radius 3 is 2.80 bits per heavy atom. The van der Waals surface area contributed by atoms with Crippen LogP contribution in [0.15, 0.2) is 0 Å². The number of carbonyl (C=O) groups is 1. The van der Waals surface area contributed by atoms with Gasteiger partial charge in [0.25, 0.3) is 5.91 Å². The first-order chi connectivity index (χ1) is 9.26. The fourth-order valence-corrected chi connectivity index (χ4v) is 3.26. The highest BCUT2D eigenvalue weighted by Crippen LogP contribution is 2.29. The Labute approximate surface area is 123 Å². The van der Waals surface area contributed by atoms with Crippen LogP contribution in [0.3, 0.4) is 0 Å². The molecule has 1 aromatic heterocycles. The molecule has 2 heterocycles. The average Bonchev–Trinajstić information content (AvgIpc) is 2.66. The van der Waals surface area contributed by atoms with Gasteiger partial charge in [0.05, 0.1) is 0 Å². The third kappa shape index (κ3) is 3.61. The second-order valence-electron chi connectivity index (χ2n) is 6.26. The van der Waals surface area contributed by atoms with Crippen molar-refractivity contribution < 1.29 is 4.79 Å². The highest BCUT2D eigenvalue weighted by molar-refractivity contribution is 7.18. The number of hydrogen-bond acceptors (Lipinski definition) is 6. The summed E-state index contributed by atoms with van der Waals surface area (Å²) >= 11 is 1.31. The van der Waals surface area contributed by atoms with Gasteiger partial charge in [0, 0.05) is 24.7 Å². The SMILES string of the molecule is CC(C)(C)Nc1nc(N)c(C(=O)N2CCCC(N)C2)s1. The van der Waals surface area contributed by atoms with Crippen molar-refractivity contribution in [3.05, 3.63) is 4.88 Å². The van der Waals surface area contributed by atoms with Gasteiger partial charge in [-0.15, -0.1) is 0 Å². The van der Waals surface area contributed by atoms with E-state index in [2.05, 4.69) is 10.3 Å². The van der Waals surface area contributed by atoms with Gasteiger partial charge in [0.15, 0.2) is 5.13 Å². The quantitative estimate of drug-likeness (QED) is 0.768. The van der Waals surface area contributed by atoms with E-state index in [-0.39, 0.29) is 17.5 Å². The van der Waals surface area contributed by atoms with Crippen molar-refractivity contribution in [2.24, 2.45) is 5.73 Å². The van der Waals surface area contributed by atoms with Gasteiger partial charge in [-0.1, -0.05) is 11.3 Å². The number of anilines is 2. The number of amides is 1. The zero-order valence-corrected chi connectivity index (χ0v) is 13.1. The summed E-state index contributed by atoms with van der Waals surface area (Å²) in [6, 6.07) is 0.0639. The predicted molar refractivity (Wildman–Crippen MR) is 83.0 cm³/mol. The molecule has 1 atom stereocenters. The molecule has 0 bridgehead atoms. The van der Waals surface area contributed by atoms with Crippen LogP contribution in [-0.2, 0) is 0 Å². The highest BCUT2D eigenvalue weighted by Gasteiger charge is 2.26. The largest absolute Gasteiger partial charge is 0.382 e. The van der Waals surface area contributed by atoms with Crippen LogP contribution in [-0.4, -0.2) is 40.5 Å². The Balaban J connectivity index is 2.14. The fraction of sp³-hybridized carbons (Fsp3) is 0.692. The molecule has 1 aliphatic heterocycles. The van der Waals surface area contributed by atoms with Crippen LogP contribution in [0, 0.1) is 0 Å². The molecule has 2 rings (SSSR count). The first-order valence-corrected chi connectivity index (χ1v) is 7.67. The Bertz CT molecular complexity index is 493. The lowest BCUT2D eigenvalue weighted by molar-refractivity contribution is 0.0714. The molecule has 0 aliphatic carbocycles. The number of carbonyl (C=O) groups excluding carboxylic acids is 1. The first-order valence-electron chi connectivity index (χ1n) is 6.85. The van der Waals surface area contributed by atoms with Crippen molar-refractivity contribution in [3.63, 3.8) is 0 Å². The predicted octanol–water partition coefficient (Wildman–Crippen LogP) is 1.50. The smallest absolute Gasteiger partial charge is 0.267 e. The summed E-state index contributed by atoms with van der Waals surface area (Å²) in [4.78, 5) is 19.0. The second kappa shape index (κ2) is 5.57. The Morgan fingerprint density at radius 1 is 1.50 bits per heavy atom. The molecule has 0 saturated carbocycles. The minimum Gasteiger partial charge on any atom is -0.382 e. The van der Waals surface area contributed by atoms with E-state index >= 15 is 0 Å². The number of hydrogen-bond donors (Lipinski definition) is 3. The van der Waals surface area contributed by atoms with Gasteiger partial charge < -0.3 is 21.7 Å². The van der Waals surface area contributed by atoms with E-state index in [0.717, 1.165) is 19.4 Å². The number of nitrogens with one attached hydrogen (secondary N) is 1. The molecule has 112 valence electrons. The van der Waals surface area contributed by atoms with Crippen molar-refractivity contribution in [2.75, 3.05) is 24.1 Å². The molecule has 20 heavy (non-hydrogen) atoms. The molecule has 7 heteroatoms. The Morgan fingerprint density at radius 2 is 2.20 bits per heavy atom. The maximum absolute atomic E-state index is 12.5. The van der Waals surface area contributed by atoms with Crippen LogP contribution in [0.25, 0.3) is 0 Å². The van der Waals surface area contributed by atoms with E-state index in [1.54, 1.807) is 4.90 Å². The number of aromatic nitrogens is 1. The zero-order valence-electron chi connectivity index (χ0n) is 12.3. The van der Waals surface area contributed by atoms with Crippen LogP contribution >= 0.6 is 11.3 Å². The van der Waals surface area contributed by atoms with Gasteiger partial charge in [-0.2, -0.15) is 0 Å². The second-order valence-corrected chi connectivity index (χ2v) is 7.26. The minimum atomic E-state index is -0.113. The van der Waals surface area contributed by atoms with Gasteiger partial charge in [-0.25, -0.2) is 4.98 Å². The van der Waals surface area contributed by atoms with Crippen LogP contribution in [0.4, 0.5) is 10.9 Å². The number of piperidine rings is 1. The summed E-state index contributed by atoms with van der Waals surface area (Å²) in [6.07, 6.45) is 1.91. The van der Waals surface area contributed by atoms with Gasteiger partial charge in [-0.05, 0) is 33.6 Å². The normalized spacial score (nSPS) is 20.0. The number of nitrogens with zero attached hydrogens (tertiary/aromatic N) is 2. The standard InChI is InChI=1S/C13H23N5OS/c1-13(2,3)17-12-16-10(15)9(20-12)11(19)18-6-4-5-8(14)7-18/h8H,4-7,14-15H2,1-3H3,(H,16,17). The summed E-state index contributed by atoms with van der Waals surface area (Å²) in [6.45, 7) is 7.45. The van der Waals surface area contributed by atoms with Gasteiger partial charge in [0.1, 0.15) is 10.7 Å². The summed E-state index contributed by atoms with van der Waals surface area (Å²) < 4.78 is 0. The summed E-state index contributed by atoms with van der Waals surface area (Å²) in [5, 5.41) is 3.92. The molecule has 1 aromatic rings. The Hall–Kier alpha value is -1.34. The van der Waals surface area contributed by atoms with Crippen LogP contribution in [0.1, 0.15) is 43.3 Å². The van der Waals surface area contributed by atoms with Crippen molar-refractivity contribution in [2.45, 2.75) is 45.2 Å². The molecule has 6 nitrogen and oxygen atoms in total. The molecule has 1 aliphatic rings. The first kappa shape index (κ1) is 15.1. The van der Waals surface area contributed by atoms with Crippen molar-refractivity contribution in [1.29, 1.82) is 0 Å². The molecule has 5 N–H and O–H groups in total. The van der Waals surface area contributed by atoms with Crippen molar-refractivity contribution >= 4 is 28.2 Å². The molecule has 0 radical (unpaired) electrons. The lowest BCUT2D eigenvalue weighted by Crippen LogP contribution is -2.45. The monoisotopic (exact) mass is 297 g/mol. The molecule has 1 saturated heterocycles. The lowest BCUT2D eigenvalue weighted by atomic mass is 10.1. The maximum Gasteiger partial charge on any atom is 0.267 e. The Kier molecular flexibility index (Phi) is 4.19. The number of likely N-dealkylation sites (tertiary alicyclic amines) is 1. The molecular formula is C13H23N5OS. The lowest BCUT2D eigenvalue weighted by Gasteiger charge is -2.30. The summed E-state index contributed by atoms with van der Waals surface area (Å²) in [5.41, 5.74) is 11.7. The number of rotatable bonds is 2. The van der Waals surface area contributed by atoms with E-state index in [4.69, 9.17) is 11.5 Å². The van der Waals surface area contributed by atoms with E-state index in [1.165, 1.54) is 11.3 Å². The van der Waals surface area contributed by atoms with Gasteiger partial charge in [-0.3, -0.25) is 4.79 Å². The highest BCUT2D eigenvalue weighted by atomic mass is 32.1. The van der Waals surface area contributed by atoms with E-state index < -0.39 is 0 Å². The fourth-order valence-electron chi connectivity index (χ4n) is 2.20. The molecule has 0 aromatic carbocycles. The number of nitrogen functional groups attached to an aromatic ring is 1. The number of nitrogens with two attached hydrogens (primary N) is 2. The number of thiazole rings is 1. The van der Waals surface area contributed by atoms with Crippen LogP contribution < -0.4 is 16.8 Å². The van der Waals surface area contributed by atoms with E-state index in [0.29, 0.717) is 22.4 Å². The van der Waals surface area contributed by atoms with Crippen molar-refractivity contribution in [3.8, 4) is 0 Å². The van der Waals surface area contributed by atoms with Crippen molar-refractivity contribution in [1.82, 2.24) is 9.88 Å². The molecular weight excluding hydrogens is 274 g/mol. The average molecular weight is 297 g/mol. The van der Waals surface area contributed by atoms with Gasteiger partial charge >= 0.3 is 0 Å². The third-order valence-corrected chi connectivity index (χ3v) is 4.05. The molecule has 1 fully saturated rings.